The fraction of sp³-hybridized carbons (Fsp3) is 0.457. The van der Waals surface area contributed by atoms with Gasteiger partial charge in [-0.2, -0.15) is 0 Å². The average molecular weight is 1350 g/mol. The summed E-state index contributed by atoms with van der Waals surface area (Å²) in [5.41, 5.74) is 3.78. The monoisotopic (exact) mass is 1350 g/mol. The molecule has 6 aromatic rings. The Balaban J connectivity index is 0.000000229. The number of fused-ring (bicyclic) bond motifs is 10. The Bertz CT molecular complexity index is 4130. The Labute approximate surface area is 560 Å². The van der Waals surface area contributed by atoms with E-state index in [0.29, 0.717) is 87.5 Å². The van der Waals surface area contributed by atoms with E-state index in [9.17, 15) is 58.2 Å². The van der Waals surface area contributed by atoms with Gasteiger partial charge in [0.15, 0.2) is 11.2 Å². The Morgan fingerprint density at radius 2 is 1.06 bits per heavy atom. The number of hydrogen-bond donors (Lipinski definition) is 3. The van der Waals surface area contributed by atoms with Crippen molar-refractivity contribution in [3.05, 3.63) is 126 Å². The summed E-state index contributed by atoms with van der Waals surface area (Å²) in [7, 11) is 0. The molecule has 0 aliphatic carbocycles. The van der Waals surface area contributed by atoms with Crippen molar-refractivity contribution in [1.29, 1.82) is 0 Å². The molecule has 5 aliphatic heterocycles. The number of halogens is 2. The lowest BCUT2D eigenvalue weighted by Crippen LogP contribution is -2.44. The summed E-state index contributed by atoms with van der Waals surface area (Å²) in [6.45, 7) is 25.1. The number of benzene rings is 2. The number of nitrogens with one attached hydrogen (secondary N) is 1. The number of cyclic esters (lactones) is 2. The minimum Gasteiger partial charge on any atom is -0.458 e. The third-order valence-corrected chi connectivity index (χ3v) is 17.0. The van der Waals surface area contributed by atoms with Crippen LogP contribution < -0.4 is 25.9 Å². The molecule has 3 N–H and O–H groups in total. The first-order valence-electron chi connectivity index (χ1n) is 32.0. The molecule has 0 unspecified atom stereocenters. The molecule has 3 amide bonds. The summed E-state index contributed by atoms with van der Waals surface area (Å²) in [5, 5.41) is 26.2. The van der Waals surface area contributed by atoms with Crippen molar-refractivity contribution in [1.82, 2.24) is 34.2 Å². The number of imide groups is 1. The standard InChI is InChI=1S/C33H30N4O10.C25H24N2O6.C8H19N.C3H8.CH2Cl2/c1-3-19-20-12-18(47-29(42)14-34-26(39)11-17(38)9-10-36-27(40)7-8-28(36)41)5-6-24(20)35-30-21(19)15-37-25(30)13-23-22(31(37)43)16-46-32(44)33(23,45)4-2;1-4-14-15-9-13(33-21(28)5-2)7-8-19(15)26-22-16(14)11-27-20(22)10-18-17(23(27)29)12-32-24(30)25(18,31)6-3;1-6-9(7(2)3)8(4)5;1-3-2;2-1-3/h5-8,12-13,45H,3-4,9-11,14-16H2,1-2H3,(H,34,39);7-10,31H,4-6,11-12H2,1-3H3;7-8H,6H2,1-5H3;3H2,1-2H3;1H2/t33-;25-;;;/m00.../s1. The number of nitrogens with zero attached hydrogens (tertiary/aromatic N) is 6. The Kier molecular flexibility index (Phi) is 24.8. The van der Waals surface area contributed by atoms with Gasteiger partial charge in [-0.05, 0) is 120 Å². The van der Waals surface area contributed by atoms with Crippen LogP contribution in [0.1, 0.15) is 166 Å². The highest BCUT2D eigenvalue weighted by molar-refractivity contribution is 6.40. The molecule has 25 heteroatoms. The number of aryl methyl sites for hydroxylation is 2. The van der Waals surface area contributed by atoms with Gasteiger partial charge in [0.2, 0.25) is 5.91 Å². The predicted octanol–water partition coefficient (Wildman–Crippen LogP) is 8.86. The number of pyridine rings is 4. The van der Waals surface area contributed by atoms with Crippen LogP contribution in [0.3, 0.4) is 0 Å². The lowest BCUT2D eigenvalue weighted by atomic mass is 9.86. The third-order valence-electron chi connectivity index (χ3n) is 17.0. The normalized spacial score (nSPS) is 16.7. The van der Waals surface area contributed by atoms with Crippen LogP contribution in [-0.2, 0) is 98.2 Å². The molecule has 95 heavy (non-hydrogen) atoms. The number of Topliss-reactive ketones (excluding diaryl/α,β-unsaturated/α-hetero) is 1. The number of aromatic nitrogens is 4. The number of esters is 4. The summed E-state index contributed by atoms with van der Waals surface area (Å²) in [5.74, 6) is -4.22. The van der Waals surface area contributed by atoms with Crippen LogP contribution >= 0.6 is 23.2 Å². The number of rotatable bonds is 17. The smallest absolute Gasteiger partial charge is 0.343 e. The van der Waals surface area contributed by atoms with Gasteiger partial charge in [0, 0.05) is 76.6 Å². The van der Waals surface area contributed by atoms with Crippen LogP contribution in [0, 0.1) is 0 Å². The minimum atomic E-state index is -1.93. The topological polar surface area (TPSA) is 302 Å². The van der Waals surface area contributed by atoms with Gasteiger partial charge in [0.1, 0.15) is 37.0 Å². The van der Waals surface area contributed by atoms with Crippen molar-refractivity contribution in [2.45, 2.75) is 184 Å². The largest absolute Gasteiger partial charge is 0.458 e. The van der Waals surface area contributed by atoms with E-state index >= 15 is 0 Å². The van der Waals surface area contributed by atoms with E-state index in [1.165, 1.54) is 6.42 Å². The Morgan fingerprint density at radius 1 is 0.642 bits per heavy atom. The second-order valence-electron chi connectivity index (χ2n) is 23.6. The Hall–Kier alpha value is -8.48. The highest BCUT2D eigenvalue weighted by atomic mass is 35.5. The van der Waals surface area contributed by atoms with Gasteiger partial charge in [0.05, 0.1) is 69.8 Å². The maximum Gasteiger partial charge on any atom is 0.343 e. The summed E-state index contributed by atoms with van der Waals surface area (Å²) >= 11 is 9.53. The molecule has 0 saturated heterocycles. The predicted molar refractivity (Wildman–Crippen MR) is 358 cm³/mol. The van der Waals surface area contributed by atoms with Crippen LogP contribution in [0.5, 0.6) is 11.5 Å². The Morgan fingerprint density at radius 3 is 1.43 bits per heavy atom. The molecule has 0 saturated carbocycles. The molecule has 0 bridgehead atoms. The van der Waals surface area contributed by atoms with Crippen molar-refractivity contribution >= 4 is 92.4 Å². The second-order valence-corrected chi connectivity index (χ2v) is 24.4. The quantitative estimate of drug-likeness (QED) is 0.0252. The van der Waals surface area contributed by atoms with E-state index in [0.717, 1.165) is 51.2 Å². The highest BCUT2D eigenvalue weighted by Gasteiger charge is 2.47. The number of carbonyl (C=O) groups excluding carboxylic acids is 8. The van der Waals surface area contributed by atoms with E-state index in [-0.39, 0.29) is 91.3 Å². The van der Waals surface area contributed by atoms with E-state index < -0.39 is 65.6 Å². The van der Waals surface area contributed by atoms with Gasteiger partial charge in [-0.15, -0.1) is 23.2 Å². The third kappa shape index (κ3) is 15.4. The van der Waals surface area contributed by atoms with Crippen LogP contribution in [-0.4, -0.2) is 124 Å². The van der Waals surface area contributed by atoms with Crippen LogP contribution in [0.15, 0.2) is 70.3 Å². The average Bonchev–Trinajstić information content (AvgIpc) is 1.63. The molecule has 5 aliphatic rings. The van der Waals surface area contributed by atoms with Gasteiger partial charge < -0.3 is 43.6 Å². The number of hydrogen-bond acceptors (Lipinski definition) is 19. The number of ether oxygens (including phenoxy) is 4. The molecule has 2 aromatic carbocycles. The van der Waals surface area contributed by atoms with Crippen molar-refractivity contribution in [2.75, 3.05) is 25.0 Å². The van der Waals surface area contributed by atoms with Crippen molar-refractivity contribution in [2.24, 2.45) is 0 Å². The van der Waals surface area contributed by atoms with Crippen LogP contribution in [0.2, 0.25) is 0 Å². The molecule has 2 atom stereocenters. The van der Waals surface area contributed by atoms with Gasteiger partial charge >= 0.3 is 23.9 Å². The number of ketones is 1. The molecule has 0 spiro atoms. The van der Waals surface area contributed by atoms with Crippen molar-refractivity contribution in [3.8, 4) is 34.3 Å². The molecule has 508 valence electrons. The molecular weight excluding hydrogens is 1270 g/mol. The van der Waals surface area contributed by atoms with Gasteiger partial charge in [-0.25, -0.2) is 24.4 Å². The zero-order chi connectivity index (χ0) is 70.0. The minimum absolute atomic E-state index is 0.0343. The van der Waals surface area contributed by atoms with E-state index in [1.807, 2.05) is 19.9 Å². The first-order chi connectivity index (χ1) is 45.2. The summed E-state index contributed by atoms with van der Waals surface area (Å²) in [6, 6.07) is 14.9. The van der Waals surface area contributed by atoms with Gasteiger partial charge in [-0.1, -0.05) is 61.8 Å². The fourth-order valence-electron chi connectivity index (χ4n) is 12.3. The summed E-state index contributed by atoms with van der Waals surface area (Å²) < 4.78 is 24.3. The number of carbonyl (C=O) groups is 8. The van der Waals surface area contributed by atoms with Crippen LogP contribution in [0.25, 0.3) is 44.6 Å². The van der Waals surface area contributed by atoms with E-state index in [4.69, 9.17) is 52.1 Å². The summed E-state index contributed by atoms with van der Waals surface area (Å²) in [6.07, 6.45) is 4.40. The lowest BCUT2D eigenvalue weighted by molar-refractivity contribution is -0.172. The summed E-state index contributed by atoms with van der Waals surface area (Å²) in [4.78, 5) is 136. The molecule has 23 nitrogen and oxygen atoms in total. The highest BCUT2D eigenvalue weighted by Crippen LogP contribution is 2.43. The maximum atomic E-state index is 13.5. The van der Waals surface area contributed by atoms with E-state index in [2.05, 4.69) is 58.7 Å². The zero-order valence-corrected chi connectivity index (χ0v) is 57.3. The number of aliphatic hydroxyl groups is 2. The molecule has 4 aromatic heterocycles. The molecule has 11 rings (SSSR count). The second kappa shape index (κ2) is 31.8. The van der Waals surface area contributed by atoms with Gasteiger partial charge in [-0.3, -0.25) is 43.4 Å². The van der Waals surface area contributed by atoms with Crippen LogP contribution in [0.4, 0.5) is 0 Å². The zero-order valence-electron chi connectivity index (χ0n) is 55.8. The number of alkyl halides is 2. The molecule has 0 radical (unpaired) electrons. The fourth-order valence-corrected chi connectivity index (χ4v) is 12.3. The maximum absolute atomic E-state index is 13.5. The van der Waals surface area contributed by atoms with Crippen molar-refractivity contribution < 1.29 is 67.5 Å². The first kappa shape index (κ1) is 73.9. The molecule has 0 fully saturated rings. The van der Waals surface area contributed by atoms with Gasteiger partial charge in [0.25, 0.3) is 22.9 Å². The lowest BCUT2D eigenvalue weighted by Gasteiger charge is -2.31. The first-order valence-corrected chi connectivity index (χ1v) is 33.1. The van der Waals surface area contributed by atoms with Crippen molar-refractivity contribution in [3.63, 3.8) is 0 Å². The van der Waals surface area contributed by atoms with E-state index in [1.54, 1.807) is 72.4 Å². The molecule has 9 heterocycles. The number of amides is 3. The molecular formula is C70H83Cl2N7O16. The SMILES string of the molecule is CCC.CCC(=O)Oc1ccc2nc3c(c(CC)c2c1)Cn1c-3cc2c(c1=O)COC(=O)[C@]2(O)CC.CCN(C(C)C)C(C)C.CCc1c2c(nc3ccc(OC(=O)CNC(=O)CC(=O)CCN4C(=O)C=CC4=O)cc13)-c1cc3c(c(=O)n1C2)COC(=O)[C@]3(O)CC.ClCCl.